The van der Waals surface area contributed by atoms with Gasteiger partial charge in [0.2, 0.25) is 0 Å². The Morgan fingerprint density at radius 3 is 2.89 bits per heavy atom. The first-order chi connectivity index (χ1) is 9.28. The summed E-state index contributed by atoms with van der Waals surface area (Å²) in [5.74, 6) is 0.994. The molecule has 3 atom stereocenters. The van der Waals surface area contributed by atoms with Gasteiger partial charge in [-0.1, -0.05) is 32.6 Å². The smallest absolute Gasteiger partial charge is 0.0826 e. The van der Waals surface area contributed by atoms with E-state index in [0.29, 0.717) is 6.10 Å². The number of hydrogen-bond acceptors (Lipinski definition) is 3. The molecule has 2 rings (SSSR count). The molecule has 1 aliphatic heterocycles. The fourth-order valence-electron chi connectivity index (χ4n) is 3.57. The molecule has 1 heterocycles. The maximum Gasteiger partial charge on any atom is 0.0826 e. The first kappa shape index (κ1) is 15.3. The average Bonchev–Trinajstić information content (AvgIpc) is 2.63. The van der Waals surface area contributed by atoms with Gasteiger partial charge >= 0.3 is 0 Å². The third-order valence-electron chi connectivity index (χ3n) is 4.76. The summed E-state index contributed by atoms with van der Waals surface area (Å²) in [5.41, 5.74) is 0. The van der Waals surface area contributed by atoms with Gasteiger partial charge in [0.25, 0.3) is 0 Å². The molecule has 3 heteroatoms. The Morgan fingerprint density at radius 1 is 1.21 bits per heavy atom. The summed E-state index contributed by atoms with van der Waals surface area (Å²) in [7, 11) is 2.19. The Kier molecular flexibility index (Phi) is 6.62. The van der Waals surface area contributed by atoms with E-state index in [1.165, 1.54) is 44.9 Å². The van der Waals surface area contributed by atoms with Gasteiger partial charge in [0.05, 0.1) is 12.7 Å². The Bertz CT molecular complexity index is 247. The van der Waals surface area contributed by atoms with Crippen LogP contribution in [0.1, 0.15) is 51.9 Å². The normalized spacial score (nSPS) is 34.1. The molecule has 0 bridgehead atoms. The van der Waals surface area contributed by atoms with Crippen molar-refractivity contribution < 1.29 is 4.74 Å². The molecule has 112 valence electrons. The van der Waals surface area contributed by atoms with E-state index in [0.717, 1.165) is 38.2 Å². The van der Waals surface area contributed by atoms with Gasteiger partial charge in [-0.25, -0.2) is 0 Å². The van der Waals surface area contributed by atoms with Crippen LogP contribution in [0.5, 0.6) is 0 Å². The van der Waals surface area contributed by atoms with E-state index in [9.17, 15) is 0 Å². The highest BCUT2D eigenvalue weighted by atomic mass is 16.5. The summed E-state index contributed by atoms with van der Waals surface area (Å²) in [4.78, 5) is 2.38. The first-order valence-electron chi connectivity index (χ1n) is 8.31. The van der Waals surface area contributed by atoms with Gasteiger partial charge in [0, 0.05) is 25.7 Å². The predicted octanol–water partition coefficient (Wildman–Crippen LogP) is 2.66. The maximum absolute atomic E-state index is 5.83. The van der Waals surface area contributed by atoms with Gasteiger partial charge in [-0.05, 0) is 32.2 Å². The molecule has 0 spiro atoms. The quantitative estimate of drug-likeness (QED) is 0.776. The summed E-state index contributed by atoms with van der Waals surface area (Å²) in [6, 6.07) is 0.734. The SMILES string of the molecule is CCCC1CCCC(NCC2CN(C)CCO2)CC1. The van der Waals surface area contributed by atoms with Gasteiger partial charge in [-0.15, -0.1) is 0 Å². The van der Waals surface area contributed by atoms with Crippen LogP contribution in [0.25, 0.3) is 0 Å². The largest absolute Gasteiger partial charge is 0.374 e. The lowest BCUT2D eigenvalue weighted by Crippen LogP contribution is -2.46. The van der Waals surface area contributed by atoms with Crippen LogP contribution in [0, 0.1) is 5.92 Å². The number of nitrogens with zero attached hydrogens (tertiary/aromatic N) is 1. The zero-order chi connectivity index (χ0) is 13.5. The minimum Gasteiger partial charge on any atom is -0.374 e. The van der Waals surface area contributed by atoms with Crippen molar-refractivity contribution in [2.45, 2.75) is 64.0 Å². The monoisotopic (exact) mass is 268 g/mol. The fraction of sp³-hybridized carbons (Fsp3) is 1.00. The van der Waals surface area contributed by atoms with Crippen LogP contribution in [-0.4, -0.2) is 50.3 Å². The van der Waals surface area contributed by atoms with Crippen molar-refractivity contribution in [3.63, 3.8) is 0 Å². The highest BCUT2D eigenvalue weighted by Crippen LogP contribution is 2.26. The fourth-order valence-corrected chi connectivity index (χ4v) is 3.57. The minimum atomic E-state index is 0.397. The zero-order valence-corrected chi connectivity index (χ0v) is 12.9. The molecule has 1 saturated heterocycles. The van der Waals surface area contributed by atoms with Crippen molar-refractivity contribution in [1.82, 2.24) is 10.2 Å². The van der Waals surface area contributed by atoms with Gasteiger partial charge in [0.1, 0.15) is 0 Å². The first-order valence-corrected chi connectivity index (χ1v) is 8.31. The van der Waals surface area contributed by atoms with Crippen LogP contribution in [-0.2, 0) is 4.74 Å². The molecule has 1 N–H and O–H groups in total. The Balaban J connectivity index is 1.65. The Morgan fingerprint density at radius 2 is 2.11 bits per heavy atom. The van der Waals surface area contributed by atoms with Crippen molar-refractivity contribution in [3.05, 3.63) is 0 Å². The van der Waals surface area contributed by atoms with Crippen LogP contribution in [0.4, 0.5) is 0 Å². The number of rotatable bonds is 5. The molecular formula is C16H32N2O. The second-order valence-electron chi connectivity index (χ2n) is 6.52. The van der Waals surface area contributed by atoms with Gasteiger partial charge in [0.15, 0.2) is 0 Å². The molecule has 0 amide bonds. The molecule has 0 radical (unpaired) electrons. The van der Waals surface area contributed by atoms with Gasteiger partial charge in [-0.2, -0.15) is 0 Å². The van der Waals surface area contributed by atoms with Crippen LogP contribution >= 0.6 is 0 Å². The summed E-state index contributed by atoms with van der Waals surface area (Å²) in [5, 5.41) is 3.76. The second kappa shape index (κ2) is 8.23. The molecule has 3 nitrogen and oxygen atoms in total. The number of hydrogen-bond donors (Lipinski definition) is 1. The third-order valence-corrected chi connectivity index (χ3v) is 4.76. The Labute approximate surface area is 119 Å². The molecule has 2 fully saturated rings. The highest BCUT2D eigenvalue weighted by molar-refractivity contribution is 4.78. The van der Waals surface area contributed by atoms with Crippen LogP contribution in [0.3, 0.4) is 0 Å². The molecule has 0 aromatic carbocycles. The van der Waals surface area contributed by atoms with Gasteiger partial charge < -0.3 is 15.0 Å². The second-order valence-corrected chi connectivity index (χ2v) is 6.52. The molecule has 1 aliphatic carbocycles. The Hall–Kier alpha value is -0.120. The maximum atomic E-state index is 5.83. The van der Waals surface area contributed by atoms with E-state index in [4.69, 9.17) is 4.74 Å². The standard InChI is InChI=1S/C16H32N2O/c1-3-5-14-6-4-7-15(9-8-14)17-12-16-13-18(2)10-11-19-16/h14-17H,3-13H2,1-2H3. The highest BCUT2D eigenvalue weighted by Gasteiger charge is 2.21. The number of ether oxygens (including phenoxy) is 1. The number of morpholine rings is 1. The molecule has 1 saturated carbocycles. The van der Waals surface area contributed by atoms with Crippen LogP contribution < -0.4 is 5.32 Å². The van der Waals surface area contributed by atoms with Crippen molar-refractivity contribution >= 4 is 0 Å². The third kappa shape index (κ3) is 5.41. The molecule has 0 aromatic heterocycles. The lowest BCUT2D eigenvalue weighted by Gasteiger charge is -2.31. The van der Waals surface area contributed by atoms with Crippen molar-refractivity contribution in [2.24, 2.45) is 5.92 Å². The summed E-state index contributed by atoms with van der Waals surface area (Å²) >= 11 is 0. The van der Waals surface area contributed by atoms with E-state index in [1.54, 1.807) is 0 Å². The number of nitrogens with one attached hydrogen (secondary N) is 1. The average molecular weight is 268 g/mol. The lowest BCUT2D eigenvalue weighted by atomic mass is 9.95. The van der Waals surface area contributed by atoms with Crippen molar-refractivity contribution in [1.29, 1.82) is 0 Å². The van der Waals surface area contributed by atoms with E-state index >= 15 is 0 Å². The summed E-state index contributed by atoms with van der Waals surface area (Å²) in [6.45, 7) is 6.41. The topological polar surface area (TPSA) is 24.5 Å². The summed E-state index contributed by atoms with van der Waals surface area (Å²) < 4.78 is 5.83. The minimum absolute atomic E-state index is 0.397. The van der Waals surface area contributed by atoms with E-state index in [2.05, 4.69) is 24.2 Å². The molecule has 3 unspecified atom stereocenters. The van der Waals surface area contributed by atoms with E-state index < -0.39 is 0 Å². The van der Waals surface area contributed by atoms with Crippen molar-refractivity contribution in [2.75, 3.05) is 33.3 Å². The van der Waals surface area contributed by atoms with E-state index in [1.807, 2.05) is 0 Å². The lowest BCUT2D eigenvalue weighted by molar-refractivity contribution is -0.0194. The zero-order valence-electron chi connectivity index (χ0n) is 12.9. The van der Waals surface area contributed by atoms with Crippen LogP contribution in [0.2, 0.25) is 0 Å². The summed E-state index contributed by atoms with van der Waals surface area (Å²) in [6.07, 6.45) is 10.2. The van der Waals surface area contributed by atoms with Crippen LogP contribution in [0.15, 0.2) is 0 Å². The predicted molar refractivity (Wildman–Crippen MR) is 80.5 cm³/mol. The molecule has 2 aliphatic rings. The van der Waals surface area contributed by atoms with E-state index in [-0.39, 0.29) is 0 Å². The molecule has 19 heavy (non-hydrogen) atoms. The molecular weight excluding hydrogens is 236 g/mol. The van der Waals surface area contributed by atoms with Crippen molar-refractivity contribution in [3.8, 4) is 0 Å². The number of likely N-dealkylation sites (N-methyl/N-ethyl adjacent to an activating group) is 1. The van der Waals surface area contributed by atoms with Gasteiger partial charge in [-0.3, -0.25) is 0 Å². The molecule has 0 aromatic rings.